The van der Waals surface area contributed by atoms with Crippen LogP contribution in [0, 0.1) is 0 Å². The Morgan fingerprint density at radius 1 is 1.08 bits per heavy atom. The van der Waals surface area contributed by atoms with Crippen molar-refractivity contribution in [1.82, 2.24) is 4.90 Å². The fourth-order valence-electron chi connectivity index (χ4n) is 0.745. The maximum Gasteiger partial charge on any atom is 0.0542 e. The van der Waals surface area contributed by atoms with E-state index in [1.54, 1.807) is 0 Å². The predicted molar refractivity (Wildman–Crippen MR) is 64.1 cm³/mol. The zero-order valence-electron chi connectivity index (χ0n) is 8.42. The van der Waals surface area contributed by atoms with Gasteiger partial charge < -0.3 is 10.0 Å². The number of hydrogen-bond donors (Lipinski definition) is 1. The number of hydrogen-bond acceptors (Lipinski definition) is 2. The highest BCUT2D eigenvalue weighted by Gasteiger charge is 2.15. The Hall–Kier alpha value is 0.650. The molecule has 0 atom stereocenters. The van der Waals surface area contributed by atoms with E-state index < -0.39 is 0 Å². The SMILES string of the molecule is CCN(CC)CC.I.OC1CC1. The standard InChI is InChI=1S/C6H15N.C3H6O.HI/c1-4-7(5-2)6-3;4-3-1-2-3;/h4-6H2,1-3H3;3-4H,1-2H2;1H. The molecule has 0 bridgehead atoms. The van der Waals surface area contributed by atoms with Crippen LogP contribution in [0.15, 0.2) is 0 Å². The minimum absolute atomic E-state index is 0. The zero-order chi connectivity index (χ0) is 8.69. The maximum atomic E-state index is 8.17. The van der Waals surface area contributed by atoms with Gasteiger partial charge in [-0.1, -0.05) is 20.8 Å². The minimum Gasteiger partial charge on any atom is -0.393 e. The van der Waals surface area contributed by atoms with Crippen LogP contribution in [0.5, 0.6) is 0 Å². The Morgan fingerprint density at radius 2 is 1.33 bits per heavy atom. The van der Waals surface area contributed by atoms with Crippen molar-refractivity contribution in [2.45, 2.75) is 39.7 Å². The molecule has 0 spiro atoms. The van der Waals surface area contributed by atoms with Gasteiger partial charge in [0.15, 0.2) is 0 Å². The molecule has 1 N–H and O–H groups in total. The van der Waals surface area contributed by atoms with Gasteiger partial charge in [0.2, 0.25) is 0 Å². The van der Waals surface area contributed by atoms with Gasteiger partial charge >= 0.3 is 0 Å². The molecule has 76 valence electrons. The largest absolute Gasteiger partial charge is 0.393 e. The van der Waals surface area contributed by atoms with Crippen LogP contribution < -0.4 is 0 Å². The van der Waals surface area contributed by atoms with Crippen molar-refractivity contribution in [3.63, 3.8) is 0 Å². The van der Waals surface area contributed by atoms with Crippen LogP contribution in [-0.2, 0) is 0 Å². The third kappa shape index (κ3) is 10.7. The van der Waals surface area contributed by atoms with Gasteiger partial charge in [0.25, 0.3) is 0 Å². The lowest BCUT2D eigenvalue weighted by molar-refractivity contribution is 0.279. The summed E-state index contributed by atoms with van der Waals surface area (Å²) in [5.41, 5.74) is 0. The first kappa shape index (κ1) is 15.1. The molecule has 0 saturated heterocycles. The molecule has 3 heteroatoms. The highest BCUT2D eigenvalue weighted by molar-refractivity contribution is 14.0. The number of aliphatic hydroxyl groups excluding tert-OH is 1. The van der Waals surface area contributed by atoms with Gasteiger partial charge in [-0.25, -0.2) is 0 Å². The zero-order valence-corrected chi connectivity index (χ0v) is 10.7. The monoisotopic (exact) mass is 287 g/mol. The second-order valence-corrected chi connectivity index (χ2v) is 2.85. The van der Waals surface area contributed by atoms with Gasteiger partial charge in [0.1, 0.15) is 0 Å². The van der Waals surface area contributed by atoms with Crippen molar-refractivity contribution in [1.29, 1.82) is 0 Å². The summed E-state index contributed by atoms with van der Waals surface area (Å²) < 4.78 is 0. The van der Waals surface area contributed by atoms with E-state index >= 15 is 0 Å². The smallest absolute Gasteiger partial charge is 0.0542 e. The summed E-state index contributed by atoms with van der Waals surface area (Å²) >= 11 is 0. The Kier molecular flexibility index (Phi) is 12.3. The summed E-state index contributed by atoms with van der Waals surface area (Å²) in [6.07, 6.45) is 2.17. The van der Waals surface area contributed by atoms with Gasteiger partial charge in [-0.2, -0.15) is 0 Å². The van der Waals surface area contributed by atoms with E-state index in [2.05, 4.69) is 25.7 Å². The Labute approximate surface area is 93.4 Å². The van der Waals surface area contributed by atoms with Crippen molar-refractivity contribution in [3.8, 4) is 0 Å². The number of aliphatic hydroxyl groups is 1. The molecule has 0 aromatic rings. The number of nitrogens with zero attached hydrogens (tertiary/aromatic N) is 1. The van der Waals surface area contributed by atoms with Crippen LogP contribution in [0.1, 0.15) is 33.6 Å². The highest BCUT2D eigenvalue weighted by Crippen LogP contribution is 2.16. The third-order valence-corrected chi connectivity index (χ3v) is 1.89. The molecule has 0 unspecified atom stereocenters. The second-order valence-electron chi connectivity index (χ2n) is 2.85. The van der Waals surface area contributed by atoms with E-state index in [0.717, 1.165) is 12.8 Å². The van der Waals surface area contributed by atoms with E-state index in [-0.39, 0.29) is 30.1 Å². The second kappa shape index (κ2) is 9.74. The molecule has 2 nitrogen and oxygen atoms in total. The lowest BCUT2D eigenvalue weighted by Gasteiger charge is -2.13. The van der Waals surface area contributed by atoms with Gasteiger partial charge in [-0.3, -0.25) is 0 Å². The van der Waals surface area contributed by atoms with Crippen LogP contribution >= 0.6 is 24.0 Å². The first-order chi connectivity index (χ1) is 5.24. The fraction of sp³-hybridized carbons (Fsp3) is 1.00. The summed E-state index contributed by atoms with van der Waals surface area (Å²) in [6.45, 7) is 10.1. The van der Waals surface area contributed by atoms with Gasteiger partial charge in [-0.15, -0.1) is 24.0 Å². The molecule has 0 radical (unpaired) electrons. The van der Waals surface area contributed by atoms with E-state index in [1.165, 1.54) is 19.6 Å². The maximum absolute atomic E-state index is 8.17. The highest BCUT2D eigenvalue weighted by atomic mass is 127. The summed E-state index contributed by atoms with van der Waals surface area (Å²) in [4.78, 5) is 2.38. The van der Waals surface area contributed by atoms with E-state index in [0.29, 0.717) is 0 Å². The van der Waals surface area contributed by atoms with E-state index in [4.69, 9.17) is 5.11 Å². The summed E-state index contributed by atoms with van der Waals surface area (Å²) in [5.74, 6) is 0. The normalized spacial score (nSPS) is 14.8. The first-order valence-corrected chi connectivity index (χ1v) is 4.64. The molecule has 1 aliphatic rings. The Morgan fingerprint density at radius 3 is 1.33 bits per heavy atom. The van der Waals surface area contributed by atoms with Crippen molar-refractivity contribution >= 4 is 24.0 Å². The molecular weight excluding hydrogens is 265 g/mol. The average molecular weight is 287 g/mol. The molecule has 0 aromatic heterocycles. The lowest BCUT2D eigenvalue weighted by atomic mass is 10.5. The van der Waals surface area contributed by atoms with Crippen LogP contribution in [0.4, 0.5) is 0 Å². The van der Waals surface area contributed by atoms with Gasteiger partial charge in [0.05, 0.1) is 6.10 Å². The number of halogens is 1. The molecule has 0 amide bonds. The Balaban J connectivity index is 0. The number of rotatable bonds is 3. The molecule has 1 aliphatic carbocycles. The van der Waals surface area contributed by atoms with Crippen LogP contribution in [0.25, 0.3) is 0 Å². The lowest BCUT2D eigenvalue weighted by Crippen LogP contribution is -2.21. The average Bonchev–Trinajstić information content (AvgIpc) is 2.77. The molecule has 1 rings (SSSR count). The fourth-order valence-corrected chi connectivity index (χ4v) is 0.745. The van der Waals surface area contributed by atoms with Gasteiger partial charge in [0, 0.05) is 0 Å². The molecule has 0 heterocycles. The molecule has 0 aliphatic heterocycles. The van der Waals surface area contributed by atoms with Crippen LogP contribution in [0.2, 0.25) is 0 Å². The first-order valence-electron chi connectivity index (χ1n) is 4.64. The van der Waals surface area contributed by atoms with Crippen LogP contribution in [-0.4, -0.2) is 35.7 Å². The summed E-state index contributed by atoms with van der Waals surface area (Å²) in [5, 5.41) is 8.17. The molecule has 0 aromatic carbocycles. The van der Waals surface area contributed by atoms with Crippen molar-refractivity contribution in [3.05, 3.63) is 0 Å². The van der Waals surface area contributed by atoms with Gasteiger partial charge in [-0.05, 0) is 32.5 Å². The molecule has 1 saturated carbocycles. The summed E-state index contributed by atoms with van der Waals surface area (Å²) in [6, 6.07) is 0. The predicted octanol–water partition coefficient (Wildman–Crippen LogP) is 2.11. The molecule has 1 fully saturated rings. The van der Waals surface area contributed by atoms with Crippen LogP contribution in [0.3, 0.4) is 0 Å². The summed E-state index contributed by atoms with van der Waals surface area (Å²) in [7, 11) is 0. The van der Waals surface area contributed by atoms with Crippen molar-refractivity contribution in [2.75, 3.05) is 19.6 Å². The van der Waals surface area contributed by atoms with E-state index in [1.807, 2.05) is 0 Å². The minimum atomic E-state index is 0. The van der Waals surface area contributed by atoms with E-state index in [9.17, 15) is 0 Å². The Bertz CT molecular complexity index is 77.1. The van der Waals surface area contributed by atoms with Crippen molar-refractivity contribution < 1.29 is 5.11 Å². The molecule has 12 heavy (non-hydrogen) atoms. The van der Waals surface area contributed by atoms with Crippen molar-refractivity contribution in [2.24, 2.45) is 0 Å². The topological polar surface area (TPSA) is 23.5 Å². The third-order valence-electron chi connectivity index (χ3n) is 1.89. The molecular formula is C9H22INO. The quantitative estimate of drug-likeness (QED) is 0.804.